The van der Waals surface area contributed by atoms with Gasteiger partial charge in [0.15, 0.2) is 0 Å². The molecule has 0 bridgehead atoms. The Morgan fingerprint density at radius 2 is 1.56 bits per heavy atom. The smallest absolute Gasteiger partial charge is 0.138 e. The first kappa shape index (κ1) is 12.9. The molecule has 0 spiro atoms. The van der Waals surface area contributed by atoms with Crippen LogP contribution in [0.2, 0.25) is 0 Å². The normalized spacial score (nSPS) is 11.3. The predicted octanol–water partition coefficient (Wildman–Crippen LogP) is 3.70. The topological polar surface area (TPSA) is 0 Å². The van der Waals surface area contributed by atoms with Gasteiger partial charge in [-0.15, -0.1) is 0 Å². The van der Waals surface area contributed by atoms with Gasteiger partial charge >= 0.3 is 0 Å². The van der Waals surface area contributed by atoms with Crippen LogP contribution in [0.1, 0.15) is 25.0 Å². The van der Waals surface area contributed by atoms with Gasteiger partial charge in [-0.25, -0.2) is 4.39 Å². The molecule has 0 aliphatic carbocycles. The van der Waals surface area contributed by atoms with Crippen LogP contribution in [0.15, 0.2) is 54.6 Å². The van der Waals surface area contributed by atoms with E-state index in [2.05, 4.69) is 26.0 Å². The molecule has 0 atom stereocenters. The van der Waals surface area contributed by atoms with Gasteiger partial charge in [0, 0.05) is 0 Å². The molecule has 0 aliphatic rings. The fourth-order valence-corrected chi connectivity index (χ4v) is 2.25. The van der Waals surface area contributed by atoms with Crippen LogP contribution in [0.4, 0.5) is 4.39 Å². The standard InChI is InChI=1S/C16H18BF/c1-16(2,14-10-6-7-11-15(14)18)17-12-13-8-4-3-5-9-13/h3-11,17H,12H2,1-2H3. The molecular formula is C16H18BF. The summed E-state index contributed by atoms with van der Waals surface area (Å²) in [4.78, 5) is 0. The van der Waals surface area contributed by atoms with E-state index in [0.29, 0.717) is 0 Å². The lowest BCUT2D eigenvalue weighted by Crippen LogP contribution is -2.28. The van der Waals surface area contributed by atoms with Gasteiger partial charge in [-0.1, -0.05) is 74.3 Å². The molecule has 92 valence electrons. The van der Waals surface area contributed by atoms with Crippen LogP contribution in [0.5, 0.6) is 0 Å². The molecule has 0 saturated carbocycles. The molecule has 0 saturated heterocycles. The lowest BCUT2D eigenvalue weighted by Gasteiger charge is -2.24. The van der Waals surface area contributed by atoms with Crippen LogP contribution in [0.3, 0.4) is 0 Å². The van der Waals surface area contributed by atoms with E-state index in [0.717, 1.165) is 19.2 Å². The second-order valence-electron chi connectivity index (χ2n) is 5.35. The Kier molecular flexibility index (Phi) is 3.85. The van der Waals surface area contributed by atoms with Crippen molar-refractivity contribution in [1.82, 2.24) is 0 Å². The molecule has 0 heterocycles. The summed E-state index contributed by atoms with van der Waals surface area (Å²) >= 11 is 0. The lowest BCUT2D eigenvalue weighted by atomic mass is 9.49. The summed E-state index contributed by atoms with van der Waals surface area (Å²) < 4.78 is 13.8. The van der Waals surface area contributed by atoms with Crippen molar-refractivity contribution in [3.63, 3.8) is 0 Å². The third kappa shape index (κ3) is 3.01. The fourth-order valence-electron chi connectivity index (χ4n) is 2.25. The Morgan fingerprint density at radius 1 is 0.944 bits per heavy atom. The SMILES string of the molecule is CC(C)(BCc1ccccc1)c1ccccc1F. The van der Waals surface area contributed by atoms with Crippen molar-refractivity contribution in [2.24, 2.45) is 0 Å². The van der Waals surface area contributed by atoms with Crippen LogP contribution in [0, 0.1) is 5.82 Å². The van der Waals surface area contributed by atoms with E-state index in [4.69, 9.17) is 0 Å². The van der Waals surface area contributed by atoms with Crippen molar-refractivity contribution in [3.05, 3.63) is 71.5 Å². The minimum atomic E-state index is -0.138. The van der Waals surface area contributed by atoms with E-state index in [1.165, 1.54) is 5.56 Å². The van der Waals surface area contributed by atoms with Crippen LogP contribution in [-0.4, -0.2) is 7.28 Å². The van der Waals surface area contributed by atoms with Crippen molar-refractivity contribution in [1.29, 1.82) is 0 Å². The summed E-state index contributed by atoms with van der Waals surface area (Å²) in [5.41, 5.74) is 2.11. The summed E-state index contributed by atoms with van der Waals surface area (Å²) in [6, 6.07) is 17.4. The van der Waals surface area contributed by atoms with E-state index in [1.807, 2.05) is 30.3 Å². The second-order valence-corrected chi connectivity index (χ2v) is 5.35. The third-order valence-electron chi connectivity index (χ3n) is 3.48. The molecule has 18 heavy (non-hydrogen) atoms. The molecular weight excluding hydrogens is 222 g/mol. The average molecular weight is 240 g/mol. The van der Waals surface area contributed by atoms with Crippen molar-refractivity contribution in [2.45, 2.75) is 25.5 Å². The number of benzene rings is 2. The van der Waals surface area contributed by atoms with E-state index in [1.54, 1.807) is 12.1 Å². The summed E-state index contributed by atoms with van der Waals surface area (Å²) in [7, 11) is 0.942. The van der Waals surface area contributed by atoms with E-state index >= 15 is 0 Å². The Labute approximate surface area is 109 Å². The molecule has 0 nitrogen and oxygen atoms in total. The zero-order chi connectivity index (χ0) is 13.0. The van der Waals surface area contributed by atoms with Gasteiger partial charge in [-0.3, -0.25) is 0 Å². The summed E-state index contributed by atoms with van der Waals surface area (Å²) in [6.45, 7) is 4.21. The second kappa shape index (κ2) is 5.39. The van der Waals surface area contributed by atoms with Gasteiger partial charge < -0.3 is 0 Å². The van der Waals surface area contributed by atoms with Crippen molar-refractivity contribution < 1.29 is 4.39 Å². The van der Waals surface area contributed by atoms with Gasteiger partial charge in [0.1, 0.15) is 13.1 Å². The Hall–Kier alpha value is -1.57. The van der Waals surface area contributed by atoms with Crippen LogP contribution in [-0.2, 0) is 11.6 Å². The zero-order valence-corrected chi connectivity index (χ0v) is 11.0. The lowest BCUT2D eigenvalue weighted by molar-refractivity contribution is 0.580. The van der Waals surface area contributed by atoms with E-state index in [-0.39, 0.29) is 11.1 Å². The highest BCUT2D eigenvalue weighted by molar-refractivity contribution is 6.39. The van der Waals surface area contributed by atoms with Gasteiger partial charge in [-0.2, -0.15) is 0 Å². The molecule has 2 aromatic rings. The Balaban J connectivity index is 2.11. The molecule has 0 amide bonds. The summed E-state index contributed by atoms with van der Waals surface area (Å²) in [5, 5.41) is -0.138. The van der Waals surface area contributed by atoms with Gasteiger partial charge in [-0.05, 0) is 16.9 Å². The van der Waals surface area contributed by atoms with Crippen LogP contribution >= 0.6 is 0 Å². The Bertz CT molecular complexity index is 506. The average Bonchev–Trinajstić information content (AvgIpc) is 2.38. The highest BCUT2D eigenvalue weighted by atomic mass is 19.1. The maximum Gasteiger partial charge on any atom is 0.138 e. The van der Waals surface area contributed by atoms with Gasteiger partial charge in [0.2, 0.25) is 0 Å². The number of hydrogen-bond donors (Lipinski definition) is 0. The fraction of sp³-hybridized carbons (Fsp3) is 0.250. The largest absolute Gasteiger partial charge is 0.207 e. The maximum absolute atomic E-state index is 13.8. The number of halogens is 1. The summed E-state index contributed by atoms with van der Waals surface area (Å²) in [5.74, 6) is -0.101. The molecule has 2 heteroatoms. The highest BCUT2D eigenvalue weighted by Crippen LogP contribution is 2.25. The van der Waals surface area contributed by atoms with Crippen molar-refractivity contribution >= 4 is 7.28 Å². The zero-order valence-electron chi connectivity index (χ0n) is 11.0. The molecule has 0 fully saturated rings. The third-order valence-corrected chi connectivity index (χ3v) is 3.48. The van der Waals surface area contributed by atoms with Gasteiger partial charge in [0.25, 0.3) is 0 Å². The summed E-state index contributed by atoms with van der Waals surface area (Å²) in [6.07, 6.45) is 0.974. The first-order valence-corrected chi connectivity index (χ1v) is 6.38. The minimum Gasteiger partial charge on any atom is -0.207 e. The molecule has 0 radical (unpaired) electrons. The van der Waals surface area contributed by atoms with E-state index in [9.17, 15) is 4.39 Å². The molecule has 0 N–H and O–H groups in total. The molecule has 2 aromatic carbocycles. The monoisotopic (exact) mass is 240 g/mol. The van der Waals surface area contributed by atoms with Crippen LogP contribution in [0.25, 0.3) is 0 Å². The van der Waals surface area contributed by atoms with Gasteiger partial charge in [0.05, 0.1) is 0 Å². The van der Waals surface area contributed by atoms with E-state index < -0.39 is 0 Å². The first-order valence-electron chi connectivity index (χ1n) is 6.38. The molecule has 0 aliphatic heterocycles. The number of hydrogen-bond acceptors (Lipinski definition) is 0. The minimum absolute atomic E-state index is 0.101. The van der Waals surface area contributed by atoms with Crippen molar-refractivity contribution in [3.8, 4) is 0 Å². The highest BCUT2D eigenvalue weighted by Gasteiger charge is 2.24. The predicted molar refractivity (Wildman–Crippen MR) is 76.7 cm³/mol. The maximum atomic E-state index is 13.8. The quantitative estimate of drug-likeness (QED) is 0.715. The molecule has 0 unspecified atom stereocenters. The van der Waals surface area contributed by atoms with Crippen molar-refractivity contribution in [2.75, 3.05) is 0 Å². The molecule has 0 aromatic heterocycles. The number of rotatable bonds is 4. The molecule has 2 rings (SSSR count). The van der Waals surface area contributed by atoms with Crippen LogP contribution < -0.4 is 0 Å². The first-order chi connectivity index (χ1) is 8.59. The Morgan fingerprint density at radius 3 is 2.22 bits per heavy atom.